The molecule has 0 unspecified atom stereocenters. The van der Waals surface area contributed by atoms with Crippen LogP contribution in [-0.4, -0.2) is 24.5 Å². The predicted octanol–water partition coefficient (Wildman–Crippen LogP) is 4.89. The fourth-order valence-electron chi connectivity index (χ4n) is 3.66. The van der Waals surface area contributed by atoms with Crippen LogP contribution >= 0.6 is 11.6 Å². The minimum Gasteiger partial charge on any atom is -0.431 e. The molecular weight excluding hydrogens is 433 g/mol. The molecule has 2 aliphatic rings. The maximum absolute atomic E-state index is 14.2. The van der Waals surface area contributed by atoms with Crippen molar-refractivity contribution in [2.75, 3.05) is 0 Å². The summed E-state index contributed by atoms with van der Waals surface area (Å²) in [5, 5.41) is -0.0110. The molecule has 0 spiro atoms. The first kappa shape index (κ1) is 19.3. The lowest BCUT2D eigenvalue weighted by atomic mass is 10.1. The molecule has 2 saturated carbocycles. The van der Waals surface area contributed by atoms with Crippen LogP contribution < -0.4 is 5.69 Å². The van der Waals surface area contributed by atoms with Crippen molar-refractivity contribution in [2.45, 2.75) is 37.5 Å². The largest absolute Gasteiger partial charge is 0.431 e. The maximum Gasteiger partial charge on any atom is 0.353 e. The minimum atomic E-state index is -0.602. The van der Waals surface area contributed by atoms with Crippen LogP contribution in [0.5, 0.6) is 0 Å². The Hall–Kier alpha value is -3.39. The van der Waals surface area contributed by atoms with E-state index in [2.05, 4.69) is 19.9 Å². The first-order chi connectivity index (χ1) is 15.6. The van der Waals surface area contributed by atoms with E-state index in [9.17, 15) is 9.18 Å². The second-order valence-corrected chi connectivity index (χ2v) is 8.57. The zero-order valence-corrected chi connectivity index (χ0v) is 17.6. The molecule has 0 bridgehead atoms. The van der Waals surface area contributed by atoms with Gasteiger partial charge in [-0.1, -0.05) is 11.6 Å². The van der Waals surface area contributed by atoms with E-state index in [0.717, 1.165) is 37.1 Å². The van der Waals surface area contributed by atoms with E-state index in [4.69, 9.17) is 16.0 Å². The van der Waals surface area contributed by atoms with Crippen LogP contribution in [0.2, 0.25) is 5.02 Å². The smallest absolute Gasteiger partial charge is 0.353 e. The standard InChI is InChI=1S/C23H17ClFN5O2/c24-15-6-5-14(11-16(15)25)19-21(30-10-8-18(13-3-4-13)28-23(30)31)29-22(32-19)20-26-9-7-17(27-20)12-1-2-12/h5-13H,1-4H2. The molecule has 0 saturated heterocycles. The molecule has 1 aromatic carbocycles. The van der Waals surface area contributed by atoms with Crippen LogP contribution in [0, 0.1) is 5.82 Å². The first-order valence-corrected chi connectivity index (χ1v) is 10.8. The van der Waals surface area contributed by atoms with E-state index in [0.29, 0.717) is 23.2 Å². The van der Waals surface area contributed by atoms with Crippen molar-refractivity contribution in [1.82, 2.24) is 24.5 Å². The number of nitrogens with zero attached hydrogens (tertiary/aromatic N) is 5. The van der Waals surface area contributed by atoms with Crippen molar-refractivity contribution in [3.8, 4) is 28.9 Å². The average Bonchev–Trinajstić information content (AvgIpc) is 3.72. The lowest BCUT2D eigenvalue weighted by Gasteiger charge is -2.05. The monoisotopic (exact) mass is 449 g/mol. The van der Waals surface area contributed by atoms with Gasteiger partial charge in [-0.2, -0.15) is 9.97 Å². The van der Waals surface area contributed by atoms with Crippen LogP contribution in [-0.2, 0) is 0 Å². The first-order valence-electron chi connectivity index (χ1n) is 10.5. The van der Waals surface area contributed by atoms with Crippen molar-refractivity contribution >= 4 is 11.6 Å². The van der Waals surface area contributed by atoms with Gasteiger partial charge in [-0.05, 0) is 56.0 Å². The van der Waals surface area contributed by atoms with Crippen molar-refractivity contribution < 1.29 is 8.81 Å². The molecule has 0 radical (unpaired) electrons. The maximum atomic E-state index is 14.2. The number of halogens is 2. The van der Waals surface area contributed by atoms with Crippen molar-refractivity contribution in [1.29, 1.82) is 0 Å². The third-order valence-corrected chi connectivity index (χ3v) is 6.01. The Kier molecular flexibility index (Phi) is 4.43. The third kappa shape index (κ3) is 3.50. The van der Waals surface area contributed by atoms with Gasteiger partial charge in [0.05, 0.1) is 10.7 Å². The van der Waals surface area contributed by atoms with Gasteiger partial charge in [0.1, 0.15) is 5.82 Å². The lowest BCUT2D eigenvalue weighted by Crippen LogP contribution is -2.22. The molecular formula is C23H17ClFN5O2. The minimum absolute atomic E-state index is 0.0110. The molecule has 160 valence electrons. The summed E-state index contributed by atoms with van der Waals surface area (Å²) in [5.41, 5.74) is 1.62. The summed E-state index contributed by atoms with van der Waals surface area (Å²) < 4.78 is 21.5. The molecule has 32 heavy (non-hydrogen) atoms. The Morgan fingerprint density at radius 2 is 1.75 bits per heavy atom. The van der Waals surface area contributed by atoms with Crippen LogP contribution in [0.3, 0.4) is 0 Å². The van der Waals surface area contributed by atoms with E-state index in [1.807, 2.05) is 12.1 Å². The number of hydrogen-bond donors (Lipinski definition) is 0. The van der Waals surface area contributed by atoms with Crippen molar-refractivity contribution in [3.05, 3.63) is 75.4 Å². The van der Waals surface area contributed by atoms with Crippen LogP contribution in [0.25, 0.3) is 28.9 Å². The highest BCUT2D eigenvalue weighted by molar-refractivity contribution is 6.30. The zero-order valence-electron chi connectivity index (χ0n) is 16.8. The Balaban J connectivity index is 1.51. The highest BCUT2D eigenvalue weighted by Crippen LogP contribution is 2.40. The Bertz CT molecular complexity index is 1410. The predicted molar refractivity (Wildman–Crippen MR) is 115 cm³/mol. The number of aromatic nitrogens is 5. The number of hydrogen-bond acceptors (Lipinski definition) is 6. The molecule has 6 rings (SSSR count). The number of oxazole rings is 1. The third-order valence-electron chi connectivity index (χ3n) is 5.70. The highest BCUT2D eigenvalue weighted by atomic mass is 35.5. The van der Waals surface area contributed by atoms with E-state index >= 15 is 0 Å². The van der Waals surface area contributed by atoms with Crippen LogP contribution in [0.15, 0.2) is 51.9 Å². The molecule has 3 aromatic heterocycles. The Morgan fingerprint density at radius 3 is 2.44 bits per heavy atom. The van der Waals surface area contributed by atoms with Gasteiger partial charge in [0.15, 0.2) is 11.6 Å². The van der Waals surface area contributed by atoms with Gasteiger partial charge in [0.25, 0.3) is 5.89 Å². The van der Waals surface area contributed by atoms with Crippen LogP contribution in [0.1, 0.15) is 48.9 Å². The summed E-state index contributed by atoms with van der Waals surface area (Å²) in [6, 6.07) is 7.97. The van der Waals surface area contributed by atoms with Crippen LogP contribution in [0.4, 0.5) is 4.39 Å². The fraction of sp³-hybridized carbons (Fsp3) is 0.261. The fourth-order valence-corrected chi connectivity index (χ4v) is 3.78. The molecule has 3 heterocycles. The molecule has 4 aromatic rings. The summed E-state index contributed by atoms with van der Waals surface area (Å²) in [7, 11) is 0. The quantitative estimate of drug-likeness (QED) is 0.431. The Morgan fingerprint density at radius 1 is 1.00 bits per heavy atom. The SMILES string of the molecule is O=c1nc(C2CC2)ccn1-c1nc(-c2nccc(C3CC3)n2)oc1-c1ccc(Cl)c(F)c1. The molecule has 9 heteroatoms. The summed E-state index contributed by atoms with van der Waals surface area (Å²) in [5.74, 6) is 1.03. The summed E-state index contributed by atoms with van der Waals surface area (Å²) in [6.07, 6.45) is 7.55. The summed E-state index contributed by atoms with van der Waals surface area (Å²) in [6.45, 7) is 0. The summed E-state index contributed by atoms with van der Waals surface area (Å²) >= 11 is 5.85. The average molecular weight is 450 g/mol. The number of benzene rings is 1. The van der Waals surface area contributed by atoms with Crippen molar-refractivity contribution in [3.63, 3.8) is 0 Å². The number of rotatable bonds is 5. The second kappa shape index (κ2) is 7.34. The van der Waals surface area contributed by atoms with Gasteiger partial charge in [-0.15, -0.1) is 0 Å². The van der Waals surface area contributed by atoms with Gasteiger partial charge >= 0.3 is 5.69 Å². The molecule has 0 N–H and O–H groups in total. The highest BCUT2D eigenvalue weighted by Gasteiger charge is 2.28. The topological polar surface area (TPSA) is 86.7 Å². The second-order valence-electron chi connectivity index (χ2n) is 8.16. The molecule has 0 amide bonds. The van der Waals surface area contributed by atoms with E-state index in [-0.39, 0.29) is 22.5 Å². The lowest BCUT2D eigenvalue weighted by molar-refractivity contribution is 0.579. The van der Waals surface area contributed by atoms with Gasteiger partial charge < -0.3 is 4.42 Å². The van der Waals surface area contributed by atoms with Crippen molar-refractivity contribution in [2.24, 2.45) is 0 Å². The van der Waals surface area contributed by atoms with E-state index in [1.54, 1.807) is 18.5 Å². The van der Waals surface area contributed by atoms with Gasteiger partial charge in [-0.25, -0.2) is 23.7 Å². The molecule has 7 nitrogen and oxygen atoms in total. The zero-order chi connectivity index (χ0) is 21.8. The van der Waals surface area contributed by atoms with Gasteiger partial charge in [0, 0.05) is 35.5 Å². The van der Waals surface area contributed by atoms with Gasteiger partial charge in [0.2, 0.25) is 5.82 Å². The molecule has 2 aliphatic carbocycles. The normalized spacial score (nSPS) is 15.8. The van der Waals surface area contributed by atoms with E-state index < -0.39 is 11.5 Å². The van der Waals surface area contributed by atoms with Gasteiger partial charge in [-0.3, -0.25) is 0 Å². The molecule has 2 fully saturated rings. The molecule has 0 aliphatic heterocycles. The summed E-state index contributed by atoms with van der Waals surface area (Å²) in [4.78, 5) is 30.4. The Labute approximate surface area is 187 Å². The molecule has 0 atom stereocenters. The van der Waals surface area contributed by atoms with E-state index in [1.165, 1.54) is 16.7 Å².